The number of anilines is 1. The highest BCUT2D eigenvalue weighted by Gasteiger charge is 2.28. The Morgan fingerprint density at radius 3 is 2.21 bits per heavy atom. The maximum absolute atomic E-state index is 12.1. The van der Waals surface area contributed by atoms with Gasteiger partial charge in [0.05, 0.1) is 20.6 Å². The van der Waals surface area contributed by atoms with Crippen LogP contribution in [0, 0.1) is 0 Å². The number of esters is 3. The lowest BCUT2D eigenvalue weighted by Crippen LogP contribution is -2.13. The number of benzene rings is 1. The summed E-state index contributed by atoms with van der Waals surface area (Å²) in [7, 11) is 2.34. The molecule has 10 heteroatoms. The SMILES string of the molecule is COC(=O)c1sc(N)c(C(=O)OC)c1COC(=O)CCC(=O)c1ccc(Cl)cc1. The minimum absolute atomic E-state index is 0.0374. The number of thiophene rings is 1. The van der Waals surface area contributed by atoms with E-state index in [-0.39, 0.29) is 39.6 Å². The van der Waals surface area contributed by atoms with Crippen LogP contribution in [0.5, 0.6) is 0 Å². The Labute approximate surface area is 175 Å². The summed E-state index contributed by atoms with van der Waals surface area (Å²) < 4.78 is 14.5. The molecule has 0 aliphatic carbocycles. The lowest BCUT2D eigenvalue weighted by atomic mass is 10.1. The molecule has 0 amide bonds. The van der Waals surface area contributed by atoms with Crippen molar-refractivity contribution in [2.45, 2.75) is 19.4 Å². The number of carbonyl (C=O) groups is 4. The van der Waals surface area contributed by atoms with Gasteiger partial charge in [-0.15, -0.1) is 11.3 Å². The normalized spacial score (nSPS) is 10.3. The molecule has 0 saturated heterocycles. The first kappa shape index (κ1) is 22.4. The molecule has 2 N–H and O–H groups in total. The van der Waals surface area contributed by atoms with Crippen LogP contribution in [-0.4, -0.2) is 37.9 Å². The largest absolute Gasteiger partial charge is 0.465 e. The third-order valence-electron chi connectivity index (χ3n) is 3.89. The first-order valence-corrected chi connectivity index (χ1v) is 9.50. The van der Waals surface area contributed by atoms with Crippen LogP contribution in [0.1, 0.15) is 48.8 Å². The van der Waals surface area contributed by atoms with Gasteiger partial charge < -0.3 is 19.9 Å². The third-order valence-corrected chi connectivity index (χ3v) is 5.19. The first-order chi connectivity index (χ1) is 13.8. The molecular formula is C19H18ClNO7S. The summed E-state index contributed by atoms with van der Waals surface area (Å²) in [6.45, 7) is -0.392. The quantitative estimate of drug-likeness (QED) is 0.377. The fourth-order valence-electron chi connectivity index (χ4n) is 2.43. The Morgan fingerprint density at radius 2 is 1.62 bits per heavy atom. The lowest BCUT2D eigenvalue weighted by Gasteiger charge is -2.08. The Bertz CT molecular complexity index is 937. The molecular weight excluding hydrogens is 422 g/mol. The fourth-order valence-corrected chi connectivity index (χ4v) is 3.53. The molecule has 8 nitrogen and oxygen atoms in total. The highest BCUT2D eigenvalue weighted by molar-refractivity contribution is 7.18. The van der Waals surface area contributed by atoms with Crippen LogP contribution in [0.15, 0.2) is 24.3 Å². The summed E-state index contributed by atoms with van der Waals surface area (Å²) in [4.78, 5) is 48.1. The number of nitrogen functional groups attached to an aromatic ring is 1. The van der Waals surface area contributed by atoms with E-state index < -0.39 is 24.5 Å². The lowest BCUT2D eigenvalue weighted by molar-refractivity contribution is -0.144. The molecule has 1 aromatic heterocycles. The number of halogens is 1. The van der Waals surface area contributed by atoms with E-state index in [1.54, 1.807) is 24.3 Å². The van der Waals surface area contributed by atoms with Crippen LogP contribution in [0.25, 0.3) is 0 Å². The standard InChI is InChI=1S/C19H18ClNO7S/c1-26-18(24)15-12(16(19(25)27-2)29-17(15)21)9-28-14(23)8-7-13(22)10-3-5-11(20)6-4-10/h3-6H,7-9,21H2,1-2H3. The van der Waals surface area contributed by atoms with E-state index in [1.807, 2.05) is 0 Å². The maximum atomic E-state index is 12.1. The maximum Gasteiger partial charge on any atom is 0.348 e. The summed E-state index contributed by atoms with van der Waals surface area (Å²) in [5, 5.41) is 0.542. The topological polar surface area (TPSA) is 122 Å². The molecule has 29 heavy (non-hydrogen) atoms. The Kier molecular flexibility index (Phi) is 7.74. The number of nitrogens with two attached hydrogens (primary N) is 1. The number of hydrogen-bond donors (Lipinski definition) is 1. The molecule has 0 unspecified atom stereocenters. The van der Waals surface area contributed by atoms with Gasteiger partial charge in [-0.1, -0.05) is 11.6 Å². The van der Waals surface area contributed by atoms with Crippen molar-refractivity contribution >= 4 is 51.6 Å². The van der Waals surface area contributed by atoms with Crippen molar-refractivity contribution in [2.75, 3.05) is 20.0 Å². The molecule has 1 aromatic carbocycles. The number of rotatable bonds is 8. The number of ketones is 1. The second kappa shape index (κ2) is 10.0. The number of carbonyl (C=O) groups excluding carboxylic acids is 4. The van der Waals surface area contributed by atoms with E-state index in [2.05, 4.69) is 9.47 Å². The van der Waals surface area contributed by atoms with Gasteiger partial charge in [0.1, 0.15) is 22.0 Å². The Hall–Kier alpha value is -2.91. The van der Waals surface area contributed by atoms with Gasteiger partial charge in [0.2, 0.25) is 0 Å². The monoisotopic (exact) mass is 439 g/mol. The van der Waals surface area contributed by atoms with Crippen LogP contribution in [0.4, 0.5) is 5.00 Å². The molecule has 0 atom stereocenters. The van der Waals surface area contributed by atoms with Crippen molar-refractivity contribution in [3.05, 3.63) is 50.9 Å². The molecule has 0 bridgehead atoms. The summed E-state index contributed by atoms with van der Waals surface area (Å²) in [5.41, 5.74) is 6.28. The first-order valence-electron chi connectivity index (χ1n) is 8.30. The number of Topliss-reactive ketones (excluding diaryl/α,β-unsaturated/α-hetero) is 1. The molecule has 154 valence electrons. The van der Waals surface area contributed by atoms with Gasteiger partial charge in [-0.3, -0.25) is 9.59 Å². The molecule has 0 aliphatic heterocycles. The van der Waals surface area contributed by atoms with Gasteiger partial charge in [-0.2, -0.15) is 0 Å². The molecule has 0 spiro atoms. The van der Waals surface area contributed by atoms with E-state index in [1.165, 1.54) is 7.11 Å². The van der Waals surface area contributed by atoms with E-state index >= 15 is 0 Å². The second-order valence-electron chi connectivity index (χ2n) is 5.72. The van der Waals surface area contributed by atoms with Crippen molar-refractivity contribution in [1.29, 1.82) is 0 Å². The molecule has 2 aromatic rings. The fraction of sp³-hybridized carbons (Fsp3) is 0.263. The van der Waals surface area contributed by atoms with Crippen LogP contribution in [-0.2, 0) is 25.6 Å². The number of hydrogen-bond acceptors (Lipinski definition) is 9. The molecule has 0 fully saturated rings. The van der Waals surface area contributed by atoms with Gasteiger partial charge in [-0.25, -0.2) is 9.59 Å². The smallest absolute Gasteiger partial charge is 0.348 e. The van der Waals surface area contributed by atoms with Crippen LogP contribution in [0.3, 0.4) is 0 Å². The molecule has 0 aliphatic rings. The van der Waals surface area contributed by atoms with Gasteiger partial charge in [0.25, 0.3) is 0 Å². The van der Waals surface area contributed by atoms with Gasteiger partial charge in [0.15, 0.2) is 5.78 Å². The zero-order chi connectivity index (χ0) is 21.6. The van der Waals surface area contributed by atoms with Crippen molar-refractivity contribution in [3.63, 3.8) is 0 Å². The predicted octanol–water partition coefficient (Wildman–Crippen LogP) is 3.26. The van der Waals surface area contributed by atoms with Crippen molar-refractivity contribution in [1.82, 2.24) is 0 Å². The number of ether oxygens (including phenoxy) is 3. The number of methoxy groups -OCH3 is 2. The molecule has 0 saturated carbocycles. The van der Waals surface area contributed by atoms with E-state index in [0.717, 1.165) is 18.4 Å². The van der Waals surface area contributed by atoms with Gasteiger partial charge >= 0.3 is 17.9 Å². The van der Waals surface area contributed by atoms with E-state index in [4.69, 9.17) is 22.1 Å². The molecule has 0 radical (unpaired) electrons. The second-order valence-corrected chi connectivity index (χ2v) is 7.21. The third kappa shape index (κ3) is 5.55. The summed E-state index contributed by atoms with van der Waals surface area (Å²) in [6, 6.07) is 6.29. The van der Waals surface area contributed by atoms with Crippen molar-refractivity contribution in [2.24, 2.45) is 0 Å². The Balaban J connectivity index is 2.05. The molecule has 1 heterocycles. The summed E-state index contributed by atoms with van der Waals surface area (Å²) >= 11 is 6.61. The van der Waals surface area contributed by atoms with Crippen LogP contribution < -0.4 is 5.73 Å². The van der Waals surface area contributed by atoms with Crippen LogP contribution >= 0.6 is 22.9 Å². The average molecular weight is 440 g/mol. The summed E-state index contributed by atoms with van der Waals surface area (Å²) in [6.07, 6.45) is -0.248. The van der Waals surface area contributed by atoms with Crippen molar-refractivity contribution < 1.29 is 33.4 Å². The van der Waals surface area contributed by atoms with Crippen molar-refractivity contribution in [3.8, 4) is 0 Å². The van der Waals surface area contributed by atoms with Crippen LogP contribution in [0.2, 0.25) is 5.02 Å². The minimum atomic E-state index is -0.766. The minimum Gasteiger partial charge on any atom is -0.465 e. The van der Waals surface area contributed by atoms with Gasteiger partial charge in [-0.05, 0) is 24.3 Å². The van der Waals surface area contributed by atoms with Gasteiger partial charge in [0, 0.05) is 22.6 Å². The summed E-state index contributed by atoms with van der Waals surface area (Å²) in [5.74, 6) is -2.41. The van der Waals surface area contributed by atoms with E-state index in [0.29, 0.717) is 10.6 Å². The highest BCUT2D eigenvalue weighted by atomic mass is 35.5. The predicted molar refractivity (Wildman–Crippen MR) is 106 cm³/mol. The highest BCUT2D eigenvalue weighted by Crippen LogP contribution is 2.33. The van der Waals surface area contributed by atoms with E-state index in [9.17, 15) is 19.2 Å². The zero-order valence-electron chi connectivity index (χ0n) is 15.7. The Morgan fingerprint density at radius 1 is 1.00 bits per heavy atom. The molecule has 2 rings (SSSR count). The zero-order valence-corrected chi connectivity index (χ0v) is 17.2. The average Bonchev–Trinajstić information content (AvgIpc) is 3.05.